The molecule has 2 unspecified atom stereocenters. The van der Waals surface area contributed by atoms with E-state index in [1.54, 1.807) is 60.9 Å². The first-order valence-corrected chi connectivity index (χ1v) is 35.0. The fourth-order valence-electron chi connectivity index (χ4n) is 15.5. The summed E-state index contributed by atoms with van der Waals surface area (Å²) in [4.78, 5) is 107. The van der Waals surface area contributed by atoms with Crippen LogP contribution in [0.3, 0.4) is 0 Å². The molecular weight excluding hydrogens is 1250 g/mol. The highest BCUT2D eigenvalue weighted by Gasteiger charge is 2.49. The lowest BCUT2D eigenvalue weighted by atomic mass is 9.79. The maximum Gasteiger partial charge on any atom is 0.262 e. The average molecular weight is 1330 g/mol. The standard InChI is InChI=1S/C84H78N6O10/c1-45(2)49-21-29-57(30-22-49)97-65-39-61-69-62(82(94)89(81(61)93)77(53-15-9-10-16-53)79(91)87-55-19-13-37-85-43-55)41-67(99-59-33-25-51(26-34-59)47(5)6)73-74-68(100-60-35-27-52(28-36-60)48(7)8)42-64-70-63(40-66(72(76(70)74)71(65)75(69)73)98-58-31-23-50(24-32-58)46(3)4)83(95)90(84(64)96)78(54-17-11-12-18-54)80(92)88-56-20-14-38-86-44-56/h13-14,19-48,53-54,77-78H,9-12,15-18H2,1-8H3,(H,87,91)(H,88,92). The first-order valence-electron chi connectivity index (χ1n) is 35.0. The van der Waals surface area contributed by atoms with E-state index < -0.39 is 59.4 Å². The number of imide groups is 2. The molecule has 2 aromatic heterocycles. The summed E-state index contributed by atoms with van der Waals surface area (Å²) in [5.41, 5.74) is 5.31. The third-order valence-electron chi connectivity index (χ3n) is 20.7. The molecule has 4 aliphatic rings. The molecular formula is C84H78N6O10. The van der Waals surface area contributed by atoms with Crippen LogP contribution in [-0.2, 0) is 9.59 Å². The highest BCUT2D eigenvalue weighted by Crippen LogP contribution is 2.59. The Kier molecular flexibility index (Phi) is 17.1. The zero-order chi connectivity index (χ0) is 69.4. The lowest BCUT2D eigenvalue weighted by Crippen LogP contribution is -2.55. The average Bonchev–Trinajstić information content (AvgIpc) is 0.706. The fourth-order valence-corrected chi connectivity index (χ4v) is 15.5. The van der Waals surface area contributed by atoms with Crippen LogP contribution in [0.5, 0.6) is 46.0 Å². The van der Waals surface area contributed by atoms with E-state index in [1.165, 1.54) is 12.4 Å². The summed E-state index contributed by atoms with van der Waals surface area (Å²) < 4.78 is 29.4. The number of nitrogens with one attached hydrogen (secondary N) is 2. The van der Waals surface area contributed by atoms with Crippen molar-refractivity contribution in [2.24, 2.45) is 11.8 Å². The third kappa shape index (κ3) is 11.7. The number of hydrogen-bond acceptors (Lipinski definition) is 12. The number of fused-ring (bicyclic) bond motifs is 2. The second-order valence-electron chi connectivity index (χ2n) is 28.4. The van der Waals surface area contributed by atoms with Gasteiger partial charge in [0.05, 0.1) is 46.0 Å². The van der Waals surface area contributed by atoms with E-state index in [-0.39, 0.29) is 79.7 Å². The molecule has 11 aromatic rings. The van der Waals surface area contributed by atoms with Gasteiger partial charge in [0.2, 0.25) is 11.8 Å². The number of anilines is 2. The first kappa shape index (κ1) is 65.0. The molecule has 0 saturated heterocycles. The van der Waals surface area contributed by atoms with Gasteiger partial charge in [-0.1, -0.05) is 130 Å². The summed E-state index contributed by atoms with van der Waals surface area (Å²) in [6, 6.07) is 41.8. The quantitative estimate of drug-likeness (QED) is 0.0417. The number of ether oxygens (including phenoxy) is 4. The Bertz CT molecular complexity index is 4490. The van der Waals surface area contributed by atoms with Crippen molar-refractivity contribution >= 4 is 89.9 Å². The Morgan fingerprint density at radius 3 is 0.860 bits per heavy atom. The molecule has 504 valence electrons. The number of nitrogens with zero attached hydrogens (tertiary/aromatic N) is 4. The van der Waals surface area contributed by atoms with Crippen LogP contribution < -0.4 is 29.6 Å². The minimum Gasteiger partial charge on any atom is -0.457 e. The van der Waals surface area contributed by atoms with Gasteiger partial charge in [0.1, 0.15) is 58.1 Å². The molecule has 0 spiro atoms. The Hall–Kier alpha value is -11.0. The van der Waals surface area contributed by atoms with E-state index >= 15 is 28.8 Å². The molecule has 2 aliphatic heterocycles. The molecule has 6 amide bonds. The van der Waals surface area contributed by atoms with E-state index in [0.717, 1.165) is 57.7 Å². The number of pyridine rings is 2. The van der Waals surface area contributed by atoms with Crippen molar-refractivity contribution in [1.82, 2.24) is 19.8 Å². The smallest absolute Gasteiger partial charge is 0.262 e. The van der Waals surface area contributed by atoms with Crippen LogP contribution in [0, 0.1) is 11.8 Å². The van der Waals surface area contributed by atoms with Crippen LogP contribution in [0.2, 0.25) is 0 Å². The predicted molar refractivity (Wildman–Crippen MR) is 388 cm³/mol. The third-order valence-corrected chi connectivity index (χ3v) is 20.7. The van der Waals surface area contributed by atoms with Crippen LogP contribution in [0.25, 0.3) is 43.1 Å². The second-order valence-corrected chi connectivity index (χ2v) is 28.4. The highest BCUT2D eigenvalue weighted by atomic mass is 16.5. The Labute approximate surface area is 580 Å². The van der Waals surface area contributed by atoms with Crippen molar-refractivity contribution in [3.8, 4) is 46.0 Å². The van der Waals surface area contributed by atoms with E-state index in [1.807, 2.05) is 97.1 Å². The molecule has 2 aliphatic carbocycles. The fraction of sp³-hybridized carbons (Fsp3) is 0.286. The molecule has 16 nitrogen and oxygen atoms in total. The molecule has 9 aromatic carbocycles. The van der Waals surface area contributed by atoms with Gasteiger partial charge >= 0.3 is 0 Å². The Balaban J connectivity index is 1.09. The molecule has 2 saturated carbocycles. The largest absolute Gasteiger partial charge is 0.457 e. The van der Waals surface area contributed by atoms with Gasteiger partial charge in [-0.2, -0.15) is 0 Å². The lowest BCUT2D eigenvalue weighted by molar-refractivity contribution is -0.122. The van der Waals surface area contributed by atoms with Gasteiger partial charge in [0, 0.05) is 55.5 Å². The molecule has 2 fully saturated rings. The summed E-state index contributed by atoms with van der Waals surface area (Å²) >= 11 is 0. The van der Waals surface area contributed by atoms with E-state index in [9.17, 15) is 0 Å². The molecule has 100 heavy (non-hydrogen) atoms. The van der Waals surface area contributed by atoms with Crippen molar-refractivity contribution in [2.75, 3.05) is 10.6 Å². The predicted octanol–water partition coefficient (Wildman–Crippen LogP) is 19.8. The minimum absolute atomic E-state index is 0.0736. The molecule has 2 atom stereocenters. The SMILES string of the molecule is CC(C)c1ccc(Oc2cc3c4c(cc(Oc5ccc(C(C)C)cc5)c5c6c(Oc7ccc(C(C)C)cc7)cc7c8c(cc(Oc9ccc(C(C)C)cc9)c(c2c45)c86)C(=O)N(C(C(=O)Nc2cccnc2)C2CCCC2)C7=O)C(=O)N(C(C(=O)Nc2cccnc2)C2CCCC2)C3=O)cc1. The molecule has 15 rings (SSSR count). The van der Waals surface area contributed by atoms with Gasteiger partial charge in [-0.05, 0) is 181 Å². The first-order chi connectivity index (χ1) is 48.4. The van der Waals surface area contributed by atoms with Gasteiger partial charge < -0.3 is 29.6 Å². The lowest BCUT2D eigenvalue weighted by Gasteiger charge is -2.38. The van der Waals surface area contributed by atoms with Gasteiger partial charge in [-0.25, -0.2) is 0 Å². The number of aromatic nitrogens is 2. The van der Waals surface area contributed by atoms with E-state index in [0.29, 0.717) is 92.4 Å². The zero-order valence-electron chi connectivity index (χ0n) is 57.3. The van der Waals surface area contributed by atoms with Crippen LogP contribution in [0.15, 0.2) is 170 Å². The van der Waals surface area contributed by atoms with Crippen molar-refractivity contribution in [1.29, 1.82) is 0 Å². The number of carbonyl (C=O) groups excluding carboxylic acids is 6. The summed E-state index contributed by atoms with van der Waals surface area (Å²) in [5, 5.41) is 8.58. The van der Waals surface area contributed by atoms with Gasteiger partial charge in [-0.3, -0.25) is 48.5 Å². The van der Waals surface area contributed by atoms with Crippen molar-refractivity contribution in [3.63, 3.8) is 0 Å². The van der Waals surface area contributed by atoms with Gasteiger partial charge in [0.15, 0.2) is 0 Å². The molecule has 2 N–H and O–H groups in total. The number of hydrogen-bond donors (Lipinski definition) is 2. The summed E-state index contributed by atoms with van der Waals surface area (Å²) in [6.45, 7) is 16.8. The van der Waals surface area contributed by atoms with E-state index in [4.69, 9.17) is 18.9 Å². The summed E-state index contributed by atoms with van der Waals surface area (Å²) in [5.74, 6) is -1.85. The normalized spacial score (nSPS) is 15.6. The van der Waals surface area contributed by atoms with Crippen LogP contribution in [0.4, 0.5) is 11.4 Å². The Morgan fingerprint density at radius 2 is 0.630 bits per heavy atom. The highest BCUT2D eigenvalue weighted by molar-refractivity contribution is 6.45. The van der Waals surface area contributed by atoms with Crippen LogP contribution >= 0.6 is 0 Å². The number of amides is 6. The molecule has 0 radical (unpaired) electrons. The summed E-state index contributed by atoms with van der Waals surface area (Å²) in [7, 11) is 0. The van der Waals surface area contributed by atoms with Gasteiger partial charge in [0.25, 0.3) is 23.6 Å². The van der Waals surface area contributed by atoms with Crippen LogP contribution in [-0.4, -0.2) is 67.3 Å². The van der Waals surface area contributed by atoms with Crippen molar-refractivity contribution in [2.45, 2.75) is 143 Å². The number of carbonyl (C=O) groups is 6. The number of rotatable bonds is 20. The maximum absolute atomic E-state index is 16.5. The zero-order valence-corrected chi connectivity index (χ0v) is 57.3. The maximum atomic E-state index is 16.5. The van der Waals surface area contributed by atoms with Crippen LogP contribution in [0.1, 0.15) is 194 Å². The molecule has 16 heteroatoms. The Morgan fingerprint density at radius 1 is 0.370 bits per heavy atom. The van der Waals surface area contributed by atoms with Crippen molar-refractivity contribution in [3.05, 3.63) is 215 Å². The van der Waals surface area contributed by atoms with Crippen molar-refractivity contribution < 1.29 is 47.7 Å². The minimum atomic E-state index is -1.26. The molecule has 0 bridgehead atoms. The monoisotopic (exact) mass is 1330 g/mol. The molecule has 4 heterocycles. The number of benzene rings is 9. The van der Waals surface area contributed by atoms with E-state index in [2.05, 4.69) is 76.0 Å². The summed E-state index contributed by atoms with van der Waals surface area (Å²) in [6.07, 6.45) is 11.8. The second kappa shape index (κ2) is 26.3. The van der Waals surface area contributed by atoms with Gasteiger partial charge in [-0.15, -0.1) is 0 Å². The topological polar surface area (TPSA) is 196 Å².